The molecule has 1 unspecified atom stereocenters. The van der Waals surface area contributed by atoms with Gasteiger partial charge in [0.25, 0.3) is 0 Å². The molecular formula is C21H31NO3. The highest BCUT2D eigenvalue weighted by Crippen LogP contribution is 2.38. The molecule has 4 atom stereocenters. The molecule has 1 aromatic rings. The summed E-state index contributed by atoms with van der Waals surface area (Å²) >= 11 is 0. The highest BCUT2D eigenvalue weighted by atomic mass is 16.6. The van der Waals surface area contributed by atoms with Crippen LogP contribution in [0.15, 0.2) is 24.3 Å². The first kappa shape index (κ1) is 18.1. The quantitative estimate of drug-likeness (QED) is 0.876. The van der Waals surface area contributed by atoms with Gasteiger partial charge >= 0.3 is 0 Å². The Morgan fingerprint density at radius 3 is 2.76 bits per heavy atom. The van der Waals surface area contributed by atoms with Crippen LogP contribution in [0.1, 0.15) is 46.5 Å². The van der Waals surface area contributed by atoms with Gasteiger partial charge in [-0.25, -0.2) is 0 Å². The topological polar surface area (TPSA) is 47.6 Å². The largest absolute Gasteiger partial charge is 0.486 e. The minimum Gasteiger partial charge on any atom is -0.486 e. The first-order chi connectivity index (χ1) is 12.0. The molecule has 4 heteroatoms. The zero-order chi connectivity index (χ0) is 17.8. The van der Waals surface area contributed by atoms with E-state index in [1.807, 2.05) is 24.3 Å². The molecule has 1 aliphatic carbocycles. The third kappa shape index (κ3) is 4.47. The molecule has 1 aromatic carbocycles. The van der Waals surface area contributed by atoms with E-state index in [-0.39, 0.29) is 17.9 Å². The van der Waals surface area contributed by atoms with Crippen LogP contribution in [-0.2, 0) is 4.79 Å². The van der Waals surface area contributed by atoms with Crippen LogP contribution in [-0.4, -0.2) is 25.2 Å². The van der Waals surface area contributed by atoms with Crippen molar-refractivity contribution < 1.29 is 14.3 Å². The van der Waals surface area contributed by atoms with Gasteiger partial charge < -0.3 is 14.8 Å². The number of hydrogen-bond acceptors (Lipinski definition) is 3. The molecule has 1 amide bonds. The molecule has 4 nitrogen and oxygen atoms in total. The Bertz CT molecular complexity index is 586. The number of carbonyl (C=O) groups excluding carboxylic acids is 1. The summed E-state index contributed by atoms with van der Waals surface area (Å²) < 4.78 is 11.7. The van der Waals surface area contributed by atoms with Gasteiger partial charge in [0.1, 0.15) is 12.7 Å². The second-order valence-corrected chi connectivity index (χ2v) is 8.01. The van der Waals surface area contributed by atoms with E-state index >= 15 is 0 Å². The fourth-order valence-electron chi connectivity index (χ4n) is 4.20. The average Bonchev–Trinajstić information content (AvgIpc) is 2.61. The lowest BCUT2D eigenvalue weighted by Crippen LogP contribution is -2.42. The van der Waals surface area contributed by atoms with Crippen LogP contribution in [0.5, 0.6) is 11.5 Å². The zero-order valence-corrected chi connectivity index (χ0v) is 15.7. The van der Waals surface area contributed by atoms with Crippen molar-refractivity contribution in [2.45, 2.75) is 52.6 Å². The number of nitrogens with one attached hydrogen (secondary N) is 1. The van der Waals surface area contributed by atoms with Crippen molar-refractivity contribution in [1.29, 1.82) is 0 Å². The molecule has 0 saturated heterocycles. The fraction of sp³-hybridized carbons (Fsp3) is 0.667. The van der Waals surface area contributed by atoms with Crippen molar-refractivity contribution in [1.82, 2.24) is 5.32 Å². The highest BCUT2D eigenvalue weighted by molar-refractivity contribution is 5.79. The number of benzene rings is 1. The van der Waals surface area contributed by atoms with E-state index in [0.29, 0.717) is 30.9 Å². The molecule has 2 aliphatic rings. The Hall–Kier alpha value is -1.71. The van der Waals surface area contributed by atoms with Gasteiger partial charge in [0.15, 0.2) is 11.5 Å². The summed E-state index contributed by atoms with van der Waals surface area (Å²) in [6.45, 7) is 7.94. The predicted octanol–water partition coefficient (Wildman–Crippen LogP) is 4.04. The first-order valence-electron chi connectivity index (χ1n) is 9.70. The van der Waals surface area contributed by atoms with Crippen LogP contribution < -0.4 is 14.8 Å². The highest BCUT2D eigenvalue weighted by Gasteiger charge is 2.35. The third-order valence-electron chi connectivity index (χ3n) is 5.69. The number of hydrogen-bond donors (Lipinski definition) is 1. The first-order valence-corrected chi connectivity index (χ1v) is 9.70. The number of fused-ring (bicyclic) bond motifs is 1. The summed E-state index contributed by atoms with van der Waals surface area (Å²) in [5.41, 5.74) is 0. The summed E-state index contributed by atoms with van der Waals surface area (Å²) in [4.78, 5) is 12.7. The van der Waals surface area contributed by atoms with E-state index < -0.39 is 0 Å². The normalized spacial score (nSPS) is 28.6. The van der Waals surface area contributed by atoms with Gasteiger partial charge in [-0.3, -0.25) is 4.79 Å². The smallest absolute Gasteiger partial charge is 0.223 e. The lowest BCUT2D eigenvalue weighted by molar-refractivity contribution is -0.129. The number of ether oxygens (including phenoxy) is 2. The number of rotatable bonds is 5. The van der Waals surface area contributed by atoms with Crippen LogP contribution >= 0.6 is 0 Å². The Morgan fingerprint density at radius 1 is 1.24 bits per heavy atom. The van der Waals surface area contributed by atoms with E-state index in [1.165, 1.54) is 12.8 Å². The third-order valence-corrected chi connectivity index (χ3v) is 5.69. The van der Waals surface area contributed by atoms with Crippen LogP contribution in [0.2, 0.25) is 0 Å². The van der Waals surface area contributed by atoms with Crippen molar-refractivity contribution in [2.75, 3.05) is 13.2 Å². The molecule has 0 radical (unpaired) electrons. The van der Waals surface area contributed by atoms with E-state index in [9.17, 15) is 4.79 Å². The van der Waals surface area contributed by atoms with Gasteiger partial charge in [-0.1, -0.05) is 39.3 Å². The molecule has 1 aliphatic heterocycles. The lowest BCUT2D eigenvalue weighted by atomic mass is 9.70. The Morgan fingerprint density at radius 2 is 2.00 bits per heavy atom. The number of carbonyl (C=O) groups is 1. The second-order valence-electron chi connectivity index (χ2n) is 8.01. The Balaban J connectivity index is 1.47. The standard InChI is InChI=1S/C21H31NO3/c1-14(2)17-9-8-15(3)12-18(17)21(23)22-11-10-16-13-24-19-6-4-5-7-20(19)25-16/h4-7,14-18H,8-13H2,1-3H3,(H,22,23)/t15-,16?,17+,18-/m1/s1. The molecule has 3 rings (SSSR count). The maximum atomic E-state index is 12.7. The fourth-order valence-corrected chi connectivity index (χ4v) is 4.20. The van der Waals surface area contributed by atoms with Crippen LogP contribution in [0, 0.1) is 23.7 Å². The zero-order valence-electron chi connectivity index (χ0n) is 15.7. The number of para-hydroxylation sites is 2. The molecule has 0 aromatic heterocycles. The summed E-state index contributed by atoms with van der Waals surface area (Å²) in [7, 11) is 0. The minimum absolute atomic E-state index is 0.00127. The minimum atomic E-state index is 0.00127. The van der Waals surface area contributed by atoms with Gasteiger partial charge in [0.2, 0.25) is 5.91 Å². The maximum absolute atomic E-state index is 12.7. The van der Waals surface area contributed by atoms with Gasteiger partial charge in [0.05, 0.1) is 0 Å². The van der Waals surface area contributed by atoms with Crippen LogP contribution in [0.25, 0.3) is 0 Å². The summed E-state index contributed by atoms with van der Waals surface area (Å²) in [5.74, 6) is 3.71. The van der Waals surface area contributed by atoms with Gasteiger partial charge in [-0.15, -0.1) is 0 Å². The van der Waals surface area contributed by atoms with Crippen molar-refractivity contribution in [3.05, 3.63) is 24.3 Å². The molecule has 1 heterocycles. The maximum Gasteiger partial charge on any atom is 0.223 e. The Labute approximate surface area is 151 Å². The average molecular weight is 345 g/mol. The van der Waals surface area contributed by atoms with Gasteiger partial charge in [0, 0.05) is 18.9 Å². The van der Waals surface area contributed by atoms with E-state index in [4.69, 9.17) is 9.47 Å². The second kappa shape index (κ2) is 8.11. The molecule has 25 heavy (non-hydrogen) atoms. The van der Waals surface area contributed by atoms with Crippen molar-refractivity contribution in [3.8, 4) is 11.5 Å². The predicted molar refractivity (Wildman–Crippen MR) is 98.8 cm³/mol. The van der Waals surface area contributed by atoms with Crippen LogP contribution in [0.3, 0.4) is 0 Å². The summed E-state index contributed by atoms with van der Waals surface area (Å²) in [5, 5.41) is 3.15. The van der Waals surface area contributed by atoms with E-state index in [0.717, 1.165) is 24.3 Å². The molecular weight excluding hydrogens is 314 g/mol. The molecule has 0 bridgehead atoms. The van der Waals surface area contributed by atoms with Gasteiger partial charge in [-0.2, -0.15) is 0 Å². The molecule has 1 fully saturated rings. The van der Waals surface area contributed by atoms with Crippen LogP contribution in [0.4, 0.5) is 0 Å². The molecule has 0 spiro atoms. The molecule has 1 saturated carbocycles. The number of amides is 1. The van der Waals surface area contributed by atoms with Crippen molar-refractivity contribution >= 4 is 5.91 Å². The molecule has 138 valence electrons. The SMILES string of the molecule is CC(C)[C@@H]1CC[C@@H](C)C[C@H]1C(=O)NCCC1COc2ccccc2O1. The summed E-state index contributed by atoms with van der Waals surface area (Å²) in [6, 6.07) is 7.74. The van der Waals surface area contributed by atoms with E-state index in [2.05, 4.69) is 26.1 Å². The van der Waals surface area contributed by atoms with Gasteiger partial charge in [-0.05, 0) is 42.7 Å². The van der Waals surface area contributed by atoms with E-state index in [1.54, 1.807) is 0 Å². The summed E-state index contributed by atoms with van der Waals surface area (Å²) in [6.07, 6.45) is 4.22. The van der Waals surface area contributed by atoms with Crippen molar-refractivity contribution in [2.24, 2.45) is 23.7 Å². The Kier molecular flexibility index (Phi) is 5.87. The lowest BCUT2D eigenvalue weighted by Gasteiger charge is -2.36. The van der Waals surface area contributed by atoms with Crippen molar-refractivity contribution in [3.63, 3.8) is 0 Å². The monoisotopic (exact) mass is 345 g/mol. The molecule has 1 N–H and O–H groups in total.